The third kappa shape index (κ3) is 2.44. The summed E-state index contributed by atoms with van der Waals surface area (Å²) in [6.07, 6.45) is 5.13. The molecule has 0 atom stereocenters. The van der Waals surface area contributed by atoms with E-state index in [0.29, 0.717) is 5.82 Å². The van der Waals surface area contributed by atoms with Gasteiger partial charge in [0.15, 0.2) is 0 Å². The Morgan fingerprint density at radius 1 is 1.30 bits per heavy atom. The fourth-order valence-corrected chi connectivity index (χ4v) is 2.03. The molecule has 3 aromatic rings. The summed E-state index contributed by atoms with van der Waals surface area (Å²) in [7, 11) is 0. The summed E-state index contributed by atoms with van der Waals surface area (Å²) in [6.45, 7) is 0.124. The lowest BCUT2D eigenvalue weighted by molar-refractivity contribution is -0.116. The highest BCUT2D eigenvalue weighted by Crippen LogP contribution is 2.22. The van der Waals surface area contributed by atoms with Crippen molar-refractivity contribution in [1.29, 1.82) is 0 Å². The SMILES string of the molecule is Nc1ccn(CC(=O)Nc2cccc3cnccc23)n1. The molecule has 0 radical (unpaired) electrons. The first-order valence-corrected chi connectivity index (χ1v) is 6.14. The number of nitrogens with one attached hydrogen (secondary N) is 1. The zero-order valence-electron chi connectivity index (χ0n) is 10.7. The molecule has 0 unspecified atom stereocenters. The number of anilines is 2. The predicted octanol–water partition coefficient (Wildman–Crippen LogP) is 1.65. The van der Waals surface area contributed by atoms with Crippen LogP contribution in [0.3, 0.4) is 0 Å². The summed E-state index contributed by atoms with van der Waals surface area (Å²) < 4.78 is 1.50. The van der Waals surface area contributed by atoms with Gasteiger partial charge in [-0.25, -0.2) is 0 Å². The number of nitrogen functional groups attached to an aromatic ring is 1. The van der Waals surface area contributed by atoms with Crippen LogP contribution in [0.15, 0.2) is 48.9 Å². The van der Waals surface area contributed by atoms with E-state index < -0.39 is 0 Å². The lowest BCUT2D eigenvalue weighted by atomic mass is 10.1. The van der Waals surface area contributed by atoms with Crippen LogP contribution in [-0.2, 0) is 11.3 Å². The quantitative estimate of drug-likeness (QED) is 0.755. The molecule has 6 heteroatoms. The molecule has 3 rings (SSSR count). The Morgan fingerprint density at radius 3 is 3.00 bits per heavy atom. The molecule has 2 heterocycles. The van der Waals surface area contributed by atoms with E-state index in [1.165, 1.54) is 4.68 Å². The first-order chi connectivity index (χ1) is 9.72. The number of pyridine rings is 1. The molecule has 2 aromatic heterocycles. The Labute approximate surface area is 115 Å². The molecule has 0 aliphatic rings. The molecule has 3 N–H and O–H groups in total. The molecule has 0 saturated carbocycles. The molecule has 1 aromatic carbocycles. The summed E-state index contributed by atoms with van der Waals surface area (Å²) in [4.78, 5) is 16.1. The van der Waals surface area contributed by atoms with Gasteiger partial charge >= 0.3 is 0 Å². The summed E-state index contributed by atoms with van der Waals surface area (Å²) >= 11 is 0. The van der Waals surface area contributed by atoms with Crippen LogP contribution >= 0.6 is 0 Å². The van der Waals surface area contributed by atoms with Crippen LogP contribution in [0.2, 0.25) is 0 Å². The first-order valence-electron chi connectivity index (χ1n) is 6.14. The van der Waals surface area contributed by atoms with Gasteiger partial charge in [0.25, 0.3) is 0 Å². The summed E-state index contributed by atoms with van der Waals surface area (Å²) in [5.41, 5.74) is 6.27. The maximum atomic E-state index is 12.0. The average Bonchev–Trinajstić information content (AvgIpc) is 2.84. The monoisotopic (exact) mass is 267 g/mol. The molecule has 1 amide bonds. The van der Waals surface area contributed by atoms with Crippen LogP contribution in [0.1, 0.15) is 0 Å². The first kappa shape index (κ1) is 12.2. The fourth-order valence-electron chi connectivity index (χ4n) is 2.03. The van der Waals surface area contributed by atoms with Crippen LogP contribution in [0.25, 0.3) is 10.8 Å². The number of rotatable bonds is 3. The normalized spacial score (nSPS) is 10.6. The van der Waals surface area contributed by atoms with Gasteiger partial charge in [-0.15, -0.1) is 0 Å². The van der Waals surface area contributed by atoms with Crippen LogP contribution in [0.5, 0.6) is 0 Å². The largest absolute Gasteiger partial charge is 0.382 e. The van der Waals surface area contributed by atoms with Gasteiger partial charge in [-0.05, 0) is 18.2 Å². The van der Waals surface area contributed by atoms with Crippen LogP contribution < -0.4 is 11.1 Å². The molecule has 0 aliphatic heterocycles. The minimum atomic E-state index is -0.155. The van der Waals surface area contributed by atoms with Crippen LogP contribution in [-0.4, -0.2) is 20.7 Å². The van der Waals surface area contributed by atoms with Crippen molar-refractivity contribution < 1.29 is 4.79 Å². The molecule has 100 valence electrons. The van der Waals surface area contributed by atoms with E-state index in [1.807, 2.05) is 24.3 Å². The standard InChI is InChI=1S/C14H13N5O/c15-13-5-7-19(18-13)9-14(20)17-12-3-1-2-10-8-16-6-4-11(10)12/h1-8H,9H2,(H2,15,18)(H,17,20). The highest BCUT2D eigenvalue weighted by Gasteiger charge is 2.07. The second-order valence-corrected chi connectivity index (χ2v) is 4.39. The number of amides is 1. The molecular weight excluding hydrogens is 254 g/mol. The van der Waals surface area contributed by atoms with Gasteiger partial charge in [0.05, 0.1) is 0 Å². The number of carbonyl (C=O) groups is 1. The van der Waals surface area contributed by atoms with Crippen molar-refractivity contribution in [3.63, 3.8) is 0 Å². The second kappa shape index (κ2) is 5.00. The number of hydrogen-bond acceptors (Lipinski definition) is 4. The lowest BCUT2D eigenvalue weighted by Crippen LogP contribution is -2.19. The lowest BCUT2D eigenvalue weighted by Gasteiger charge is -2.08. The second-order valence-electron chi connectivity index (χ2n) is 4.39. The van der Waals surface area contributed by atoms with Gasteiger partial charge in [-0.1, -0.05) is 12.1 Å². The van der Waals surface area contributed by atoms with E-state index in [2.05, 4.69) is 15.4 Å². The molecule has 0 bridgehead atoms. The number of nitrogens with two attached hydrogens (primary N) is 1. The van der Waals surface area contributed by atoms with Crippen molar-refractivity contribution in [2.45, 2.75) is 6.54 Å². The topological polar surface area (TPSA) is 85.8 Å². The van der Waals surface area contributed by atoms with E-state index in [4.69, 9.17) is 5.73 Å². The third-order valence-electron chi connectivity index (χ3n) is 2.92. The molecule has 0 fully saturated rings. The number of fused-ring (bicyclic) bond motifs is 1. The van der Waals surface area contributed by atoms with Crippen LogP contribution in [0.4, 0.5) is 11.5 Å². The molecule has 0 aliphatic carbocycles. The van der Waals surface area contributed by atoms with Gasteiger partial charge in [0, 0.05) is 35.1 Å². The van der Waals surface area contributed by atoms with Gasteiger partial charge in [0.1, 0.15) is 12.4 Å². The Kier molecular flexibility index (Phi) is 3.04. The summed E-state index contributed by atoms with van der Waals surface area (Å²) in [6, 6.07) is 9.21. The summed E-state index contributed by atoms with van der Waals surface area (Å²) in [5.74, 6) is 0.242. The van der Waals surface area contributed by atoms with Crippen molar-refractivity contribution in [3.8, 4) is 0 Å². The van der Waals surface area contributed by atoms with Gasteiger partial charge in [0.2, 0.25) is 5.91 Å². The maximum Gasteiger partial charge on any atom is 0.246 e. The molecule has 20 heavy (non-hydrogen) atoms. The van der Waals surface area contributed by atoms with Crippen molar-refractivity contribution in [1.82, 2.24) is 14.8 Å². The molecular formula is C14H13N5O. The highest BCUT2D eigenvalue weighted by molar-refractivity contribution is 6.01. The smallest absolute Gasteiger partial charge is 0.246 e. The van der Waals surface area contributed by atoms with E-state index in [-0.39, 0.29) is 12.5 Å². The number of carbonyl (C=O) groups excluding carboxylic acids is 1. The van der Waals surface area contributed by atoms with Crippen molar-refractivity contribution in [2.75, 3.05) is 11.1 Å². The maximum absolute atomic E-state index is 12.0. The van der Waals surface area contributed by atoms with Crippen LogP contribution in [0, 0.1) is 0 Å². The Bertz CT molecular complexity index is 760. The minimum Gasteiger partial charge on any atom is -0.382 e. The Balaban J connectivity index is 1.81. The zero-order valence-corrected chi connectivity index (χ0v) is 10.7. The van der Waals surface area contributed by atoms with Gasteiger partial charge in [-0.2, -0.15) is 5.10 Å². The molecule has 0 spiro atoms. The number of hydrogen-bond donors (Lipinski definition) is 2. The van der Waals surface area contributed by atoms with Crippen molar-refractivity contribution in [2.24, 2.45) is 0 Å². The average molecular weight is 267 g/mol. The molecule has 6 nitrogen and oxygen atoms in total. The van der Waals surface area contributed by atoms with E-state index >= 15 is 0 Å². The Hall–Kier alpha value is -2.89. The highest BCUT2D eigenvalue weighted by atomic mass is 16.2. The van der Waals surface area contributed by atoms with E-state index in [9.17, 15) is 4.79 Å². The van der Waals surface area contributed by atoms with Gasteiger partial charge in [-0.3, -0.25) is 14.5 Å². The summed E-state index contributed by atoms with van der Waals surface area (Å²) in [5, 5.41) is 8.79. The number of aromatic nitrogens is 3. The minimum absolute atomic E-state index is 0.124. The van der Waals surface area contributed by atoms with Crippen molar-refractivity contribution in [3.05, 3.63) is 48.9 Å². The van der Waals surface area contributed by atoms with Gasteiger partial charge < -0.3 is 11.1 Å². The zero-order chi connectivity index (χ0) is 13.9. The fraction of sp³-hybridized carbons (Fsp3) is 0.0714. The predicted molar refractivity (Wildman–Crippen MR) is 77.0 cm³/mol. The van der Waals surface area contributed by atoms with E-state index in [1.54, 1.807) is 24.7 Å². The van der Waals surface area contributed by atoms with E-state index in [0.717, 1.165) is 16.5 Å². The number of benzene rings is 1. The number of nitrogens with zero attached hydrogens (tertiary/aromatic N) is 3. The van der Waals surface area contributed by atoms with Crippen molar-refractivity contribution >= 4 is 28.2 Å². The Morgan fingerprint density at radius 2 is 2.20 bits per heavy atom. The molecule has 0 saturated heterocycles. The third-order valence-corrected chi connectivity index (χ3v) is 2.92.